The maximum Gasteiger partial charge on any atom is 0.344 e. The van der Waals surface area contributed by atoms with Gasteiger partial charge in [-0.1, -0.05) is 18.2 Å². The van der Waals surface area contributed by atoms with Crippen molar-refractivity contribution in [1.29, 1.82) is 0 Å². The van der Waals surface area contributed by atoms with Gasteiger partial charge in [-0.15, -0.1) is 0 Å². The van der Waals surface area contributed by atoms with Crippen molar-refractivity contribution in [2.45, 2.75) is 26.0 Å². The first-order chi connectivity index (χ1) is 12.6. The Labute approximate surface area is 153 Å². The van der Waals surface area contributed by atoms with Crippen LogP contribution in [0.2, 0.25) is 0 Å². The molecule has 7 nitrogen and oxygen atoms in total. The number of hydrogen-bond donors (Lipinski definition) is 1. The Bertz CT molecular complexity index is 726. The molecule has 1 fully saturated rings. The van der Waals surface area contributed by atoms with E-state index in [0.717, 1.165) is 50.7 Å². The van der Waals surface area contributed by atoms with E-state index in [-0.39, 0.29) is 0 Å². The second kappa shape index (κ2) is 8.62. The van der Waals surface area contributed by atoms with E-state index in [0.29, 0.717) is 5.75 Å². The Kier molecular flexibility index (Phi) is 6.01. The molecule has 1 saturated heterocycles. The van der Waals surface area contributed by atoms with E-state index >= 15 is 0 Å². The zero-order chi connectivity index (χ0) is 18.4. The number of carboxylic acid groups (broad SMARTS) is 1. The van der Waals surface area contributed by atoms with Crippen LogP contribution < -0.4 is 9.64 Å². The van der Waals surface area contributed by atoms with Crippen LogP contribution in [0, 0.1) is 0 Å². The third-order valence-electron chi connectivity index (χ3n) is 4.44. The fourth-order valence-electron chi connectivity index (χ4n) is 3.01. The average Bonchev–Trinajstić information content (AvgIpc) is 2.89. The van der Waals surface area contributed by atoms with Crippen LogP contribution in [0.5, 0.6) is 5.75 Å². The third-order valence-corrected chi connectivity index (χ3v) is 4.44. The molecule has 7 heteroatoms. The number of para-hydroxylation sites is 1. The van der Waals surface area contributed by atoms with E-state index in [2.05, 4.69) is 19.8 Å². The van der Waals surface area contributed by atoms with Gasteiger partial charge in [-0.25, -0.2) is 14.8 Å². The summed E-state index contributed by atoms with van der Waals surface area (Å²) in [4.78, 5) is 24.3. The molecule has 0 amide bonds. The summed E-state index contributed by atoms with van der Waals surface area (Å²) in [5, 5.41) is 9.08. The van der Waals surface area contributed by atoms with E-state index in [4.69, 9.17) is 9.84 Å². The number of carboxylic acids is 1. The molecule has 1 aliphatic rings. The van der Waals surface area contributed by atoms with Crippen molar-refractivity contribution in [2.75, 3.05) is 31.1 Å². The van der Waals surface area contributed by atoms with Gasteiger partial charge in [0.05, 0.1) is 0 Å². The molecule has 1 atom stereocenters. The number of anilines is 1. The summed E-state index contributed by atoms with van der Waals surface area (Å²) in [5.74, 6) is 0.441. The highest BCUT2D eigenvalue weighted by atomic mass is 16.5. The Morgan fingerprint density at radius 1 is 1.15 bits per heavy atom. The van der Waals surface area contributed by atoms with Gasteiger partial charge < -0.3 is 14.7 Å². The van der Waals surface area contributed by atoms with Crippen LogP contribution in [0.15, 0.2) is 42.7 Å². The van der Waals surface area contributed by atoms with Crippen LogP contribution in [0.25, 0.3) is 0 Å². The Morgan fingerprint density at radius 2 is 1.92 bits per heavy atom. The van der Waals surface area contributed by atoms with Crippen LogP contribution in [0.1, 0.15) is 18.9 Å². The first-order valence-corrected chi connectivity index (χ1v) is 8.85. The van der Waals surface area contributed by atoms with Crippen LogP contribution in [0.4, 0.5) is 5.95 Å². The molecular weight excluding hydrogens is 332 g/mol. The monoisotopic (exact) mass is 356 g/mol. The second-order valence-electron chi connectivity index (χ2n) is 6.37. The maximum absolute atomic E-state index is 11.1. The van der Waals surface area contributed by atoms with Crippen molar-refractivity contribution in [3.05, 3.63) is 48.3 Å². The van der Waals surface area contributed by atoms with E-state index in [1.807, 2.05) is 30.3 Å². The number of benzene rings is 1. The topological polar surface area (TPSA) is 78.8 Å². The normalized spacial score (nSPS) is 16.7. The summed E-state index contributed by atoms with van der Waals surface area (Å²) >= 11 is 0. The van der Waals surface area contributed by atoms with Crippen molar-refractivity contribution in [3.8, 4) is 5.75 Å². The van der Waals surface area contributed by atoms with Crippen LogP contribution >= 0.6 is 0 Å². The first-order valence-electron chi connectivity index (χ1n) is 8.85. The molecule has 138 valence electrons. The molecule has 0 bridgehead atoms. The lowest BCUT2D eigenvalue weighted by molar-refractivity contribution is -0.144. The molecule has 1 aromatic heterocycles. The van der Waals surface area contributed by atoms with Crippen molar-refractivity contribution in [1.82, 2.24) is 14.9 Å². The summed E-state index contributed by atoms with van der Waals surface area (Å²) in [5.41, 5.74) is 1.00. The van der Waals surface area contributed by atoms with Gasteiger partial charge in [-0.05, 0) is 25.5 Å². The van der Waals surface area contributed by atoms with E-state index in [1.54, 1.807) is 19.3 Å². The van der Waals surface area contributed by atoms with Gasteiger partial charge in [0.15, 0.2) is 6.10 Å². The standard InChI is InChI=1S/C19H24N4O3/c1-15(18(24)25)26-17-7-3-2-6-16(17)14-22-10-5-11-23(13-12-22)19-20-8-4-9-21-19/h2-4,6-9,15H,5,10-14H2,1H3,(H,24,25). The van der Waals surface area contributed by atoms with Crippen molar-refractivity contribution in [2.24, 2.45) is 0 Å². The molecule has 26 heavy (non-hydrogen) atoms. The van der Waals surface area contributed by atoms with Gasteiger partial charge in [0.1, 0.15) is 5.75 Å². The number of hydrogen-bond acceptors (Lipinski definition) is 6. The molecular formula is C19H24N4O3. The molecule has 0 aliphatic carbocycles. The van der Waals surface area contributed by atoms with Gasteiger partial charge in [-0.2, -0.15) is 0 Å². The molecule has 2 aromatic rings. The number of aromatic nitrogens is 2. The van der Waals surface area contributed by atoms with E-state index in [9.17, 15) is 4.79 Å². The van der Waals surface area contributed by atoms with Crippen LogP contribution in [-0.2, 0) is 11.3 Å². The highest BCUT2D eigenvalue weighted by Crippen LogP contribution is 2.22. The SMILES string of the molecule is CC(Oc1ccccc1CN1CCCN(c2ncccn2)CC1)C(=O)O. The van der Waals surface area contributed by atoms with Crippen molar-refractivity contribution >= 4 is 11.9 Å². The average molecular weight is 356 g/mol. The summed E-state index contributed by atoms with van der Waals surface area (Å²) in [7, 11) is 0. The van der Waals surface area contributed by atoms with Crippen LogP contribution in [-0.4, -0.2) is 58.2 Å². The van der Waals surface area contributed by atoms with E-state index in [1.165, 1.54) is 0 Å². The predicted molar refractivity (Wildman–Crippen MR) is 98.3 cm³/mol. The van der Waals surface area contributed by atoms with Gasteiger partial charge in [-0.3, -0.25) is 4.90 Å². The lowest BCUT2D eigenvalue weighted by atomic mass is 10.2. The smallest absolute Gasteiger partial charge is 0.344 e. The molecule has 1 aliphatic heterocycles. The maximum atomic E-state index is 11.1. The van der Waals surface area contributed by atoms with Gasteiger partial charge >= 0.3 is 5.97 Å². The molecule has 2 heterocycles. The summed E-state index contributed by atoms with van der Waals surface area (Å²) in [6.07, 6.45) is 3.68. The lowest BCUT2D eigenvalue weighted by Gasteiger charge is -2.23. The third kappa shape index (κ3) is 4.70. The van der Waals surface area contributed by atoms with Gasteiger partial charge in [0.25, 0.3) is 0 Å². The fraction of sp³-hybridized carbons (Fsp3) is 0.421. The second-order valence-corrected chi connectivity index (χ2v) is 6.37. The number of rotatable bonds is 6. The van der Waals surface area contributed by atoms with E-state index < -0.39 is 12.1 Å². The summed E-state index contributed by atoms with van der Waals surface area (Å²) in [6.45, 7) is 5.91. The number of ether oxygens (including phenoxy) is 1. The summed E-state index contributed by atoms with van der Waals surface area (Å²) in [6, 6.07) is 9.46. The molecule has 0 saturated carbocycles. The number of carbonyl (C=O) groups is 1. The number of nitrogens with zero attached hydrogens (tertiary/aromatic N) is 4. The zero-order valence-electron chi connectivity index (χ0n) is 14.9. The Hall–Kier alpha value is -2.67. The highest BCUT2D eigenvalue weighted by Gasteiger charge is 2.19. The summed E-state index contributed by atoms with van der Waals surface area (Å²) < 4.78 is 5.61. The zero-order valence-corrected chi connectivity index (χ0v) is 14.9. The Balaban J connectivity index is 1.64. The molecule has 0 spiro atoms. The minimum absolute atomic E-state index is 0.634. The first kappa shape index (κ1) is 18.1. The molecule has 3 rings (SSSR count). The minimum Gasteiger partial charge on any atom is -0.479 e. The van der Waals surface area contributed by atoms with Crippen molar-refractivity contribution in [3.63, 3.8) is 0 Å². The quantitative estimate of drug-likeness (QED) is 0.848. The van der Waals surface area contributed by atoms with Crippen molar-refractivity contribution < 1.29 is 14.6 Å². The molecule has 1 unspecified atom stereocenters. The lowest BCUT2D eigenvalue weighted by Crippen LogP contribution is -2.31. The number of aliphatic carboxylic acids is 1. The van der Waals surface area contributed by atoms with Crippen LogP contribution in [0.3, 0.4) is 0 Å². The predicted octanol–water partition coefficient (Wildman–Crippen LogP) is 2.04. The molecule has 0 radical (unpaired) electrons. The van der Waals surface area contributed by atoms with Gasteiger partial charge in [0.2, 0.25) is 5.95 Å². The Morgan fingerprint density at radius 3 is 2.69 bits per heavy atom. The minimum atomic E-state index is -0.965. The fourth-order valence-corrected chi connectivity index (χ4v) is 3.01. The highest BCUT2D eigenvalue weighted by molar-refractivity contribution is 5.72. The van der Waals surface area contributed by atoms with Gasteiger partial charge in [0, 0.05) is 50.7 Å². The molecule has 1 aromatic carbocycles. The largest absolute Gasteiger partial charge is 0.479 e. The molecule has 1 N–H and O–H groups in total.